The van der Waals surface area contributed by atoms with Crippen LogP contribution < -0.4 is 20.7 Å². The summed E-state index contributed by atoms with van der Waals surface area (Å²) in [4.78, 5) is 25.1. The molecule has 1 aliphatic heterocycles. The third-order valence-electron chi connectivity index (χ3n) is 4.90. The molecule has 3 amide bonds. The molecule has 0 aliphatic carbocycles. The summed E-state index contributed by atoms with van der Waals surface area (Å²) < 4.78 is 5.85. The number of nitrogens with one attached hydrogen (secondary N) is 3. The Morgan fingerprint density at radius 3 is 2.26 bits per heavy atom. The lowest BCUT2D eigenvalue weighted by Gasteiger charge is -2.19. The molecule has 4 rings (SSSR count). The van der Waals surface area contributed by atoms with E-state index in [1.165, 1.54) is 5.56 Å². The minimum Gasteiger partial charge on any atom is -0.454 e. The first-order valence-electron chi connectivity index (χ1n) is 9.80. The molecule has 0 bridgehead atoms. The quantitative estimate of drug-likeness (QED) is 0.422. The number of urea groups is 1. The lowest BCUT2D eigenvalue weighted by Crippen LogP contribution is -2.20. The van der Waals surface area contributed by atoms with Crippen molar-refractivity contribution in [3.05, 3.63) is 76.8 Å². The summed E-state index contributed by atoms with van der Waals surface area (Å²) in [6.07, 6.45) is 0. The second-order valence-electron chi connectivity index (χ2n) is 8.31. The number of hydrogen-bond donors (Lipinski definition) is 3. The maximum atomic E-state index is 12.7. The van der Waals surface area contributed by atoms with Gasteiger partial charge in [-0.25, -0.2) is 4.79 Å². The van der Waals surface area contributed by atoms with Gasteiger partial charge in [-0.3, -0.25) is 4.79 Å². The zero-order valence-corrected chi connectivity index (χ0v) is 18.1. The van der Waals surface area contributed by atoms with Crippen molar-refractivity contribution in [2.75, 3.05) is 16.0 Å². The van der Waals surface area contributed by atoms with E-state index in [2.05, 4.69) is 36.7 Å². The lowest BCUT2D eigenvalue weighted by molar-refractivity contribution is 0.102. The molecule has 0 fully saturated rings. The fourth-order valence-electron chi connectivity index (χ4n) is 3.22. The fraction of sp³-hybridized carbons (Fsp3) is 0.167. The molecule has 3 aromatic carbocycles. The summed E-state index contributed by atoms with van der Waals surface area (Å²) >= 11 is 6.01. The van der Waals surface area contributed by atoms with E-state index >= 15 is 0 Å². The van der Waals surface area contributed by atoms with Crippen molar-refractivity contribution in [1.29, 1.82) is 0 Å². The highest BCUT2D eigenvalue weighted by molar-refractivity contribution is 6.31. The van der Waals surface area contributed by atoms with Crippen LogP contribution in [0.3, 0.4) is 0 Å². The number of benzene rings is 3. The molecule has 6 nitrogen and oxygen atoms in total. The number of hydrogen-bond acceptors (Lipinski definition) is 3. The van der Waals surface area contributed by atoms with E-state index in [-0.39, 0.29) is 11.3 Å². The second-order valence-corrected chi connectivity index (χ2v) is 8.75. The zero-order chi connectivity index (χ0) is 22.2. The number of amides is 3. The highest BCUT2D eigenvalue weighted by Gasteiger charge is 2.22. The number of carbonyl (C=O) groups is 2. The minimum atomic E-state index is -0.409. The van der Waals surface area contributed by atoms with Crippen molar-refractivity contribution in [2.24, 2.45) is 0 Å². The van der Waals surface area contributed by atoms with Gasteiger partial charge in [0.25, 0.3) is 5.91 Å². The van der Waals surface area contributed by atoms with E-state index in [1.54, 1.807) is 36.4 Å². The Balaban J connectivity index is 1.48. The van der Waals surface area contributed by atoms with Crippen LogP contribution in [0.2, 0.25) is 5.02 Å². The molecule has 3 N–H and O–H groups in total. The standard InChI is InChI=1S/C24H22ClN3O3/c1-24(2,3)14-4-7-16(8-5-14)26-23(30)27-17-9-11-20-18(13-17)22(29)28-19-12-15(25)6-10-21(19)31-20/h4-13H,1-3H3,(H,28,29)(H2,26,27,30). The smallest absolute Gasteiger partial charge is 0.323 e. The van der Waals surface area contributed by atoms with Gasteiger partial charge in [0.2, 0.25) is 0 Å². The van der Waals surface area contributed by atoms with Gasteiger partial charge in [-0.1, -0.05) is 44.5 Å². The predicted octanol–water partition coefficient (Wildman–Crippen LogP) is 6.64. The molecule has 0 unspecified atom stereocenters. The second kappa shape index (κ2) is 7.96. The van der Waals surface area contributed by atoms with Crippen molar-refractivity contribution in [1.82, 2.24) is 0 Å². The molecule has 31 heavy (non-hydrogen) atoms. The van der Waals surface area contributed by atoms with E-state index in [0.29, 0.717) is 39.1 Å². The van der Waals surface area contributed by atoms with Crippen LogP contribution in [0.5, 0.6) is 11.5 Å². The van der Waals surface area contributed by atoms with Gasteiger partial charge in [0, 0.05) is 16.4 Å². The maximum absolute atomic E-state index is 12.7. The average molecular weight is 436 g/mol. The van der Waals surface area contributed by atoms with E-state index in [4.69, 9.17) is 16.3 Å². The Morgan fingerprint density at radius 1 is 0.903 bits per heavy atom. The molecule has 1 aliphatic rings. The van der Waals surface area contributed by atoms with Crippen LogP contribution in [-0.4, -0.2) is 11.9 Å². The highest BCUT2D eigenvalue weighted by atomic mass is 35.5. The number of ether oxygens (including phenoxy) is 1. The van der Waals surface area contributed by atoms with Crippen LogP contribution in [-0.2, 0) is 5.41 Å². The number of fused-ring (bicyclic) bond motifs is 2. The van der Waals surface area contributed by atoms with Crippen molar-refractivity contribution < 1.29 is 14.3 Å². The fourth-order valence-corrected chi connectivity index (χ4v) is 3.39. The topological polar surface area (TPSA) is 79.5 Å². The summed E-state index contributed by atoms with van der Waals surface area (Å²) in [5, 5.41) is 8.82. The molecular formula is C24H22ClN3O3. The van der Waals surface area contributed by atoms with Crippen molar-refractivity contribution in [3.8, 4) is 11.5 Å². The first-order chi connectivity index (χ1) is 14.7. The van der Waals surface area contributed by atoms with Gasteiger partial charge in [-0.15, -0.1) is 0 Å². The van der Waals surface area contributed by atoms with Crippen LogP contribution in [0.4, 0.5) is 21.9 Å². The normalized spacial score (nSPS) is 12.6. The molecule has 7 heteroatoms. The minimum absolute atomic E-state index is 0.0380. The molecule has 0 spiro atoms. The molecule has 0 saturated carbocycles. The molecule has 3 aromatic rings. The molecule has 0 saturated heterocycles. The van der Waals surface area contributed by atoms with E-state index in [9.17, 15) is 9.59 Å². The van der Waals surface area contributed by atoms with Crippen LogP contribution in [0.1, 0.15) is 36.7 Å². The highest BCUT2D eigenvalue weighted by Crippen LogP contribution is 2.38. The number of halogens is 1. The van der Waals surface area contributed by atoms with Crippen LogP contribution >= 0.6 is 11.6 Å². The monoisotopic (exact) mass is 435 g/mol. The molecule has 0 atom stereocenters. The summed E-state index contributed by atoms with van der Waals surface area (Å²) in [7, 11) is 0. The number of anilines is 3. The summed E-state index contributed by atoms with van der Waals surface area (Å²) in [6.45, 7) is 6.40. The van der Waals surface area contributed by atoms with Gasteiger partial charge in [-0.05, 0) is 59.5 Å². The SMILES string of the molecule is CC(C)(C)c1ccc(NC(=O)Nc2ccc3c(c2)C(=O)Nc2cc(Cl)ccc2O3)cc1. The number of carbonyl (C=O) groups excluding carboxylic acids is 2. The summed E-state index contributed by atoms with van der Waals surface area (Å²) in [5.41, 5.74) is 3.15. The Labute approximate surface area is 185 Å². The van der Waals surface area contributed by atoms with Crippen LogP contribution in [0.25, 0.3) is 0 Å². The molecule has 1 heterocycles. The number of rotatable bonds is 2. The molecule has 0 radical (unpaired) electrons. The van der Waals surface area contributed by atoms with Gasteiger partial charge in [0.05, 0.1) is 11.3 Å². The van der Waals surface area contributed by atoms with E-state index < -0.39 is 6.03 Å². The summed E-state index contributed by atoms with van der Waals surface area (Å²) in [6, 6.07) is 17.2. The molecule has 158 valence electrons. The lowest BCUT2D eigenvalue weighted by atomic mass is 9.87. The molecular weight excluding hydrogens is 414 g/mol. The van der Waals surface area contributed by atoms with E-state index in [0.717, 1.165) is 0 Å². The molecule has 0 aromatic heterocycles. The maximum Gasteiger partial charge on any atom is 0.323 e. The van der Waals surface area contributed by atoms with Gasteiger partial charge >= 0.3 is 6.03 Å². The Hall–Kier alpha value is -3.51. The summed E-state index contributed by atoms with van der Waals surface area (Å²) in [5.74, 6) is 0.536. The van der Waals surface area contributed by atoms with Crippen molar-refractivity contribution in [3.63, 3.8) is 0 Å². The average Bonchev–Trinajstić information content (AvgIpc) is 2.83. The Kier molecular flexibility index (Phi) is 5.33. The first-order valence-corrected chi connectivity index (χ1v) is 10.2. The van der Waals surface area contributed by atoms with Crippen LogP contribution in [0, 0.1) is 0 Å². The van der Waals surface area contributed by atoms with Crippen molar-refractivity contribution >= 4 is 40.6 Å². The van der Waals surface area contributed by atoms with Crippen molar-refractivity contribution in [2.45, 2.75) is 26.2 Å². The van der Waals surface area contributed by atoms with E-state index in [1.807, 2.05) is 24.3 Å². The Morgan fingerprint density at radius 2 is 1.55 bits per heavy atom. The first kappa shape index (κ1) is 20.8. The predicted molar refractivity (Wildman–Crippen MR) is 124 cm³/mol. The largest absolute Gasteiger partial charge is 0.454 e. The third-order valence-corrected chi connectivity index (χ3v) is 5.14. The van der Waals surface area contributed by atoms with Gasteiger partial charge in [0.15, 0.2) is 5.75 Å². The zero-order valence-electron chi connectivity index (χ0n) is 17.4. The van der Waals surface area contributed by atoms with Gasteiger partial charge in [-0.2, -0.15) is 0 Å². The van der Waals surface area contributed by atoms with Gasteiger partial charge < -0.3 is 20.7 Å². The Bertz CT molecular complexity index is 1170. The van der Waals surface area contributed by atoms with Crippen LogP contribution in [0.15, 0.2) is 60.7 Å². The van der Waals surface area contributed by atoms with Gasteiger partial charge in [0.1, 0.15) is 5.75 Å². The third kappa shape index (κ3) is 4.64.